The minimum Gasteiger partial charge on any atom is -0.309 e. The Morgan fingerprint density at radius 2 is 0.686 bits per heavy atom. The molecule has 0 atom stereocenters. The molecule has 0 spiro atoms. The van der Waals surface area contributed by atoms with E-state index in [1.54, 1.807) is 0 Å². The zero-order valence-electron chi connectivity index (χ0n) is 38.3. The summed E-state index contributed by atoms with van der Waals surface area (Å²) in [5, 5.41) is 12.8. The molecule has 0 radical (unpaired) electrons. The molecule has 3 nitrogen and oxygen atoms in total. The largest absolute Gasteiger partial charge is 0.309 e. The first-order valence-electron chi connectivity index (χ1n) is 24.2. The van der Waals surface area contributed by atoms with Crippen LogP contribution in [0.2, 0.25) is 0 Å². The van der Waals surface area contributed by atoms with Gasteiger partial charge in [0.1, 0.15) is 0 Å². The van der Waals surface area contributed by atoms with Gasteiger partial charge < -0.3 is 13.7 Å². The van der Waals surface area contributed by atoms with Gasteiger partial charge in [-0.25, -0.2) is 0 Å². The molecule has 0 bridgehead atoms. The highest BCUT2D eigenvalue weighted by atomic mass is 28.3. The van der Waals surface area contributed by atoms with Gasteiger partial charge in [-0.3, -0.25) is 0 Å². The lowest BCUT2D eigenvalue weighted by atomic mass is 10.0. The van der Waals surface area contributed by atoms with Crippen molar-refractivity contribution in [3.8, 4) is 28.2 Å². The molecule has 0 saturated heterocycles. The molecular formula is C66H45N3Si. The standard InChI is InChI=1S/C66H45N3Si/c1-5-22-46(23-6-1)52-30-13-17-35-59(52)69-62-38-20-16-33-55(62)56-42-40-47(44-65(56)69)67-63-43-41-51(70(48-24-7-2-8-25-48,49-26-9-3-10-27-49)50-28-11-4-12-29-50)45-58(63)57-34-21-39-64(66(57)67)68-60-36-18-14-31-53(60)54-32-15-19-37-61(54)68/h1-45H. The van der Waals surface area contributed by atoms with Gasteiger partial charge in [0.05, 0.1) is 44.5 Å². The van der Waals surface area contributed by atoms with Crippen molar-refractivity contribution in [1.82, 2.24) is 13.7 Å². The average Bonchev–Trinajstić information content (AvgIpc) is 4.08. The smallest absolute Gasteiger partial charge is 0.179 e. The van der Waals surface area contributed by atoms with E-state index in [9.17, 15) is 0 Å². The molecule has 14 aromatic rings. The highest BCUT2D eigenvalue weighted by Gasteiger charge is 2.41. The summed E-state index contributed by atoms with van der Waals surface area (Å²) in [6, 6.07) is 101. The van der Waals surface area contributed by atoms with E-state index < -0.39 is 8.07 Å². The number of rotatable bonds is 8. The third kappa shape index (κ3) is 5.94. The van der Waals surface area contributed by atoms with Gasteiger partial charge in [-0.15, -0.1) is 0 Å². The SMILES string of the molecule is c1ccc(-c2ccccc2-n2c3ccccc3c3ccc(-n4c5ccc([Si](c6ccccc6)(c6ccccc6)c6ccccc6)cc5c5cccc(-n6c7ccccc7c7ccccc76)c54)cc32)cc1. The summed E-state index contributed by atoms with van der Waals surface area (Å²) in [6.07, 6.45) is 0. The Balaban J connectivity index is 1.12. The zero-order valence-corrected chi connectivity index (χ0v) is 39.3. The lowest BCUT2D eigenvalue weighted by molar-refractivity contribution is 1.13. The van der Waals surface area contributed by atoms with Gasteiger partial charge in [0.15, 0.2) is 8.07 Å². The van der Waals surface area contributed by atoms with Crippen LogP contribution in [0.3, 0.4) is 0 Å². The van der Waals surface area contributed by atoms with E-state index in [2.05, 4.69) is 287 Å². The van der Waals surface area contributed by atoms with Crippen LogP contribution in [-0.4, -0.2) is 21.8 Å². The Morgan fingerprint density at radius 1 is 0.243 bits per heavy atom. The second kappa shape index (κ2) is 16.1. The van der Waals surface area contributed by atoms with Crippen LogP contribution in [0.5, 0.6) is 0 Å². The fourth-order valence-electron chi connectivity index (χ4n) is 11.9. The van der Waals surface area contributed by atoms with Crippen LogP contribution < -0.4 is 20.7 Å². The van der Waals surface area contributed by atoms with Gasteiger partial charge in [-0.1, -0.05) is 224 Å². The van der Waals surface area contributed by atoms with Gasteiger partial charge in [-0.2, -0.15) is 0 Å². The van der Waals surface area contributed by atoms with Crippen LogP contribution in [0.4, 0.5) is 0 Å². The van der Waals surface area contributed by atoms with Gasteiger partial charge in [0, 0.05) is 43.6 Å². The van der Waals surface area contributed by atoms with Gasteiger partial charge in [0.2, 0.25) is 0 Å². The van der Waals surface area contributed by atoms with Crippen LogP contribution in [0.15, 0.2) is 273 Å². The van der Waals surface area contributed by atoms with E-state index in [-0.39, 0.29) is 0 Å². The minimum absolute atomic E-state index is 1.10. The molecule has 14 rings (SSSR count). The van der Waals surface area contributed by atoms with Crippen molar-refractivity contribution in [1.29, 1.82) is 0 Å². The highest BCUT2D eigenvalue weighted by Crippen LogP contribution is 2.42. The quantitative estimate of drug-likeness (QED) is 0.107. The summed E-state index contributed by atoms with van der Waals surface area (Å²) < 4.78 is 7.52. The molecule has 0 aliphatic heterocycles. The lowest BCUT2D eigenvalue weighted by Crippen LogP contribution is -2.74. The van der Waals surface area contributed by atoms with E-state index in [1.165, 1.54) is 86.3 Å². The fourth-order valence-corrected chi connectivity index (χ4v) is 16.6. The zero-order chi connectivity index (χ0) is 46.2. The Hall–Kier alpha value is -8.96. The summed E-state index contributed by atoms with van der Waals surface area (Å²) >= 11 is 0. The molecule has 11 aromatic carbocycles. The van der Waals surface area contributed by atoms with E-state index >= 15 is 0 Å². The second-order valence-corrected chi connectivity index (χ2v) is 22.2. The molecule has 70 heavy (non-hydrogen) atoms. The summed E-state index contributed by atoms with van der Waals surface area (Å²) in [7, 11) is -2.87. The van der Waals surface area contributed by atoms with Gasteiger partial charge in [0.25, 0.3) is 0 Å². The summed E-state index contributed by atoms with van der Waals surface area (Å²) in [5.41, 5.74) is 12.8. The first-order chi connectivity index (χ1) is 34.8. The molecule has 3 heterocycles. The fraction of sp³-hybridized carbons (Fsp3) is 0. The molecule has 0 saturated carbocycles. The van der Waals surface area contributed by atoms with Crippen molar-refractivity contribution in [2.45, 2.75) is 0 Å². The monoisotopic (exact) mass is 907 g/mol. The first kappa shape index (κ1) is 40.1. The number of benzene rings is 11. The predicted octanol–water partition coefficient (Wildman–Crippen LogP) is 14.0. The number of hydrogen-bond acceptors (Lipinski definition) is 0. The topological polar surface area (TPSA) is 14.8 Å². The van der Waals surface area contributed by atoms with Crippen molar-refractivity contribution in [3.63, 3.8) is 0 Å². The molecule has 0 aliphatic rings. The third-order valence-electron chi connectivity index (χ3n) is 14.8. The Morgan fingerprint density at radius 3 is 1.27 bits per heavy atom. The van der Waals surface area contributed by atoms with E-state index in [1.807, 2.05) is 0 Å². The second-order valence-electron chi connectivity index (χ2n) is 18.4. The van der Waals surface area contributed by atoms with Crippen LogP contribution in [0.25, 0.3) is 93.6 Å². The molecule has 0 N–H and O–H groups in total. The van der Waals surface area contributed by atoms with Crippen LogP contribution in [0, 0.1) is 0 Å². The Kier molecular flexibility index (Phi) is 9.23. The van der Waals surface area contributed by atoms with Gasteiger partial charge >= 0.3 is 0 Å². The van der Waals surface area contributed by atoms with E-state index in [0.29, 0.717) is 0 Å². The third-order valence-corrected chi connectivity index (χ3v) is 19.6. The normalized spacial score (nSPS) is 12.0. The summed E-state index contributed by atoms with van der Waals surface area (Å²) in [4.78, 5) is 0. The molecule has 4 heteroatoms. The maximum atomic E-state index is 2.55. The van der Waals surface area contributed by atoms with Crippen molar-refractivity contribution < 1.29 is 0 Å². The number of nitrogens with zero attached hydrogens (tertiary/aromatic N) is 3. The molecule has 3 aromatic heterocycles. The van der Waals surface area contributed by atoms with Crippen LogP contribution >= 0.6 is 0 Å². The number of hydrogen-bond donors (Lipinski definition) is 0. The highest BCUT2D eigenvalue weighted by molar-refractivity contribution is 7.20. The maximum Gasteiger partial charge on any atom is 0.179 e. The van der Waals surface area contributed by atoms with E-state index in [0.717, 1.165) is 28.1 Å². The molecular weight excluding hydrogens is 863 g/mol. The number of aromatic nitrogens is 3. The summed E-state index contributed by atoms with van der Waals surface area (Å²) in [5.74, 6) is 0. The molecule has 0 fully saturated rings. The van der Waals surface area contributed by atoms with E-state index in [4.69, 9.17) is 0 Å². The van der Waals surface area contributed by atoms with Gasteiger partial charge in [-0.05, 0) is 74.8 Å². The van der Waals surface area contributed by atoms with Crippen LogP contribution in [0.1, 0.15) is 0 Å². The number of para-hydroxylation sites is 5. The van der Waals surface area contributed by atoms with Crippen molar-refractivity contribution in [2.24, 2.45) is 0 Å². The summed E-state index contributed by atoms with van der Waals surface area (Å²) in [6.45, 7) is 0. The molecule has 0 unspecified atom stereocenters. The minimum atomic E-state index is -2.87. The van der Waals surface area contributed by atoms with Crippen molar-refractivity contribution >= 4 is 94.2 Å². The lowest BCUT2D eigenvalue weighted by Gasteiger charge is -2.34. The average molecular weight is 908 g/mol. The first-order valence-corrected chi connectivity index (χ1v) is 26.2. The Labute approximate surface area is 407 Å². The predicted molar refractivity (Wildman–Crippen MR) is 299 cm³/mol. The maximum absolute atomic E-state index is 2.87. The molecule has 0 aliphatic carbocycles. The van der Waals surface area contributed by atoms with Crippen molar-refractivity contribution in [3.05, 3.63) is 273 Å². The Bertz CT molecular complexity index is 4130. The number of fused-ring (bicyclic) bond motifs is 9. The van der Waals surface area contributed by atoms with Crippen molar-refractivity contribution in [2.75, 3.05) is 0 Å². The molecule has 0 amide bonds. The van der Waals surface area contributed by atoms with Crippen LogP contribution in [-0.2, 0) is 0 Å². The molecule has 328 valence electrons.